The molecule has 0 radical (unpaired) electrons. The predicted molar refractivity (Wildman–Crippen MR) is 64.0 cm³/mol. The number of carbonyl (C=O) groups excluding carboxylic acids is 1. The third-order valence-electron chi connectivity index (χ3n) is 3.12. The van der Waals surface area contributed by atoms with Crippen LogP contribution in [0.4, 0.5) is 0 Å². The Kier molecular flexibility index (Phi) is 5.32. The second-order valence-electron chi connectivity index (χ2n) is 4.11. The van der Waals surface area contributed by atoms with Gasteiger partial charge in [0.2, 0.25) is 5.91 Å². The van der Waals surface area contributed by atoms with E-state index in [0.717, 1.165) is 32.2 Å². The van der Waals surface area contributed by atoms with Crippen molar-refractivity contribution in [3.63, 3.8) is 0 Å². The standard InChI is InChI=1S/C12H22N2O2/c1-3-12(7-5-9-14-12)11(15)13-8-6-10-16-4-2/h4,14H,2-3,5-10H2,1H3,(H,13,15). The van der Waals surface area contributed by atoms with Gasteiger partial charge in [0.25, 0.3) is 0 Å². The zero-order valence-corrected chi connectivity index (χ0v) is 10.1. The van der Waals surface area contributed by atoms with E-state index in [1.54, 1.807) is 0 Å². The molecule has 2 N–H and O–H groups in total. The molecular weight excluding hydrogens is 204 g/mol. The van der Waals surface area contributed by atoms with Gasteiger partial charge in [-0.25, -0.2) is 0 Å². The Hall–Kier alpha value is -1.03. The lowest BCUT2D eigenvalue weighted by Gasteiger charge is -2.26. The lowest BCUT2D eigenvalue weighted by Crippen LogP contribution is -2.53. The molecule has 92 valence electrons. The molecule has 16 heavy (non-hydrogen) atoms. The molecule has 0 saturated carbocycles. The van der Waals surface area contributed by atoms with E-state index in [4.69, 9.17) is 4.74 Å². The summed E-state index contributed by atoms with van der Waals surface area (Å²) in [6.45, 7) is 7.73. The third kappa shape index (κ3) is 3.23. The monoisotopic (exact) mass is 226 g/mol. The summed E-state index contributed by atoms with van der Waals surface area (Å²) in [7, 11) is 0. The van der Waals surface area contributed by atoms with Crippen molar-refractivity contribution in [2.75, 3.05) is 19.7 Å². The van der Waals surface area contributed by atoms with Crippen LogP contribution in [-0.2, 0) is 9.53 Å². The smallest absolute Gasteiger partial charge is 0.240 e. The van der Waals surface area contributed by atoms with E-state index in [1.807, 2.05) is 0 Å². The SMILES string of the molecule is C=COCCCNC(=O)C1(CC)CCCN1. The molecule has 1 heterocycles. The molecule has 1 saturated heterocycles. The quantitative estimate of drug-likeness (QED) is 0.506. The third-order valence-corrected chi connectivity index (χ3v) is 3.12. The van der Waals surface area contributed by atoms with Gasteiger partial charge in [0.1, 0.15) is 0 Å². The number of carbonyl (C=O) groups is 1. The molecule has 1 aliphatic rings. The second-order valence-corrected chi connectivity index (χ2v) is 4.11. The van der Waals surface area contributed by atoms with E-state index in [0.29, 0.717) is 13.2 Å². The van der Waals surface area contributed by atoms with Crippen molar-refractivity contribution < 1.29 is 9.53 Å². The van der Waals surface area contributed by atoms with Crippen molar-refractivity contribution in [1.82, 2.24) is 10.6 Å². The molecule has 1 amide bonds. The number of ether oxygens (including phenoxy) is 1. The Morgan fingerprint density at radius 2 is 2.50 bits per heavy atom. The van der Waals surface area contributed by atoms with Crippen molar-refractivity contribution >= 4 is 5.91 Å². The fourth-order valence-electron chi connectivity index (χ4n) is 2.07. The highest BCUT2D eigenvalue weighted by atomic mass is 16.5. The first kappa shape index (κ1) is 13.0. The summed E-state index contributed by atoms with van der Waals surface area (Å²) in [5, 5.41) is 6.27. The van der Waals surface area contributed by atoms with E-state index in [9.17, 15) is 4.79 Å². The van der Waals surface area contributed by atoms with Gasteiger partial charge in [0.05, 0.1) is 18.4 Å². The predicted octanol–water partition coefficient (Wildman–Crippen LogP) is 1.18. The van der Waals surface area contributed by atoms with Gasteiger partial charge in [-0.05, 0) is 32.2 Å². The Bertz CT molecular complexity index is 235. The zero-order chi connectivity index (χ0) is 11.9. The van der Waals surface area contributed by atoms with Crippen LogP contribution in [0.1, 0.15) is 32.6 Å². The number of nitrogens with one attached hydrogen (secondary N) is 2. The maximum absolute atomic E-state index is 12.0. The molecule has 1 rings (SSSR count). The molecule has 0 aromatic heterocycles. The Morgan fingerprint density at radius 3 is 3.06 bits per heavy atom. The molecule has 4 heteroatoms. The van der Waals surface area contributed by atoms with Crippen molar-refractivity contribution in [3.05, 3.63) is 12.8 Å². The molecule has 0 bridgehead atoms. The Labute approximate surface area is 97.4 Å². The van der Waals surface area contributed by atoms with Gasteiger partial charge in [-0.3, -0.25) is 4.79 Å². The summed E-state index contributed by atoms with van der Waals surface area (Å²) in [4.78, 5) is 12.0. The first-order valence-corrected chi connectivity index (χ1v) is 6.01. The van der Waals surface area contributed by atoms with Gasteiger partial charge in [-0.1, -0.05) is 13.5 Å². The molecule has 1 atom stereocenters. The topological polar surface area (TPSA) is 50.4 Å². The number of rotatable bonds is 7. The van der Waals surface area contributed by atoms with Gasteiger partial charge in [0, 0.05) is 6.54 Å². The van der Waals surface area contributed by atoms with Crippen LogP contribution in [0.2, 0.25) is 0 Å². The summed E-state index contributed by atoms with van der Waals surface area (Å²) < 4.78 is 4.99. The minimum atomic E-state index is -0.320. The van der Waals surface area contributed by atoms with Crippen LogP contribution in [0.3, 0.4) is 0 Å². The van der Waals surface area contributed by atoms with E-state index in [2.05, 4.69) is 24.1 Å². The number of hydrogen-bond acceptors (Lipinski definition) is 3. The maximum atomic E-state index is 12.0. The largest absolute Gasteiger partial charge is 0.502 e. The summed E-state index contributed by atoms with van der Waals surface area (Å²) in [5.74, 6) is 0.131. The van der Waals surface area contributed by atoms with Crippen LogP contribution in [0, 0.1) is 0 Å². The summed E-state index contributed by atoms with van der Waals surface area (Å²) in [6, 6.07) is 0. The van der Waals surface area contributed by atoms with E-state index in [-0.39, 0.29) is 11.4 Å². The van der Waals surface area contributed by atoms with Gasteiger partial charge >= 0.3 is 0 Å². The van der Waals surface area contributed by atoms with E-state index in [1.165, 1.54) is 6.26 Å². The fraction of sp³-hybridized carbons (Fsp3) is 0.750. The van der Waals surface area contributed by atoms with E-state index >= 15 is 0 Å². The maximum Gasteiger partial charge on any atom is 0.240 e. The summed E-state index contributed by atoms with van der Waals surface area (Å²) in [6.07, 6.45) is 5.12. The van der Waals surface area contributed by atoms with Gasteiger partial charge in [0.15, 0.2) is 0 Å². The van der Waals surface area contributed by atoms with Crippen LogP contribution < -0.4 is 10.6 Å². The van der Waals surface area contributed by atoms with Crippen LogP contribution in [0.25, 0.3) is 0 Å². The summed E-state index contributed by atoms with van der Waals surface area (Å²) >= 11 is 0. The normalized spacial score (nSPS) is 24.1. The highest BCUT2D eigenvalue weighted by molar-refractivity contribution is 5.86. The molecule has 0 spiro atoms. The van der Waals surface area contributed by atoms with Crippen LogP contribution in [0.15, 0.2) is 12.8 Å². The number of hydrogen-bond donors (Lipinski definition) is 2. The molecule has 0 aromatic rings. The first-order valence-electron chi connectivity index (χ1n) is 6.01. The molecule has 0 aromatic carbocycles. The minimum absolute atomic E-state index is 0.131. The second kappa shape index (κ2) is 6.53. The van der Waals surface area contributed by atoms with Crippen LogP contribution in [-0.4, -0.2) is 31.1 Å². The highest BCUT2D eigenvalue weighted by Gasteiger charge is 2.38. The lowest BCUT2D eigenvalue weighted by atomic mass is 9.93. The fourth-order valence-corrected chi connectivity index (χ4v) is 2.07. The van der Waals surface area contributed by atoms with Crippen LogP contribution >= 0.6 is 0 Å². The van der Waals surface area contributed by atoms with Crippen molar-refractivity contribution in [2.24, 2.45) is 0 Å². The van der Waals surface area contributed by atoms with E-state index < -0.39 is 0 Å². The molecule has 1 fully saturated rings. The van der Waals surface area contributed by atoms with Crippen molar-refractivity contribution in [3.8, 4) is 0 Å². The van der Waals surface area contributed by atoms with Gasteiger partial charge in [-0.2, -0.15) is 0 Å². The highest BCUT2D eigenvalue weighted by Crippen LogP contribution is 2.22. The molecule has 1 aliphatic heterocycles. The Morgan fingerprint density at radius 1 is 1.69 bits per heavy atom. The molecule has 1 unspecified atom stereocenters. The van der Waals surface area contributed by atoms with Crippen LogP contribution in [0.5, 0.6) is 0 Å². The average molecular weight is 226 g/mol. The summed E-state index contributed by atoms with van der Waals surface area (Å²) in [5.41, 5.74) is -0.320. The average Bonchev–Trinajstić information content (AvgIpc) is 2.78. The molecule has 0 aliphatic carbocycles. The van der Waals surface area contributed by atoms with Gasteiger partial charge in [-0.15, -0.1) is 0 Å². The zero-order valence-electron chi connectivity index (χ0n) is 10.1. The minimum Gasteiger partial charge on any atom is -0.502 e. The number of amides is 1. The molecule has 4 nitrogen and oxygen atoms in total. The van der Waals surface area contributed by atoms with Gasteiger partial charge < -0.3 is 15.4 Å². The molecular formula is C12H22N2O2. The van der Waals surface area contributed by atoms with Crippen molar-refractivity contribution in [1.29, 1.82) is 0 Å². The van der Waals surface area contributed by atoms with Crippen molar-refractivity contribution in [2.45, 2.75) is 38.1 Å². The first-order chi connectivity index (χ1) is 7.75. The lowest BCUT2D eigenvalue weighted by molar-refractivity contribution is -0.127. The Balaban J connectivity index is 2.25.